The van der Waals surface area contributed by atoms with E-state index in [1.807, 2.05) is 6.07 Å². The summed E-state index contributed by atoms with van der Waals surface area (Å²) in [5, 5.41) is 26.8. The SMILES string of the molecule is CN/C=C\C(=N)c1cc(C(=O)Nc2c(-c3ccccc3)nn3cc(C#N)ccc23)c(F)cc1C(F)(F)F. The van der Waals surface area contributed by atoms with Crippen molar-refractivity contribution >= 4 is 22.8 Å². The van der Waals surface area contributed by atoms with Crippen LogP contribution in [0.3, 0.4) is 0 Å². The molecule has 186 valence electrons. The highest BCUT2D eigenvalue weighted by atomic mass is 19.4. The molecule has 37 heavy (non-hydrogen) atoms. The van der Waals surface area contributed by atoms with Gasteiger partial charge in [-0.05, 0) is 36.5 Å². The van der Waals surface area contributed by atoms with Crippen molar-refractivity contribution in [1.29, 1.82) is 10.7 Å². The maximum absolute atomic E-state index is 14.9. The minimum Gasteiger partial charge on any atom is -0.394 e. The molecule has 2 aromatic heterocycles. The number of nitrogens with zero attached hydrogens (tertiary/aromatic N) is 3. The Morgan fingerprint density at radius 3 is 2.51 bits per heavy atom. The van der Waals surface area contributed by atoms with Crippen molar-refractivity contribution in [1.82, 2.24) is 14.9 Å². The molecule has 0 radical (unpaired) electrons. The highest BCUT2D eigenvalue weighted by molar-refractivity contribution is 6.12. The zero-order valence-corrected chi connectivity index (χ0v) is 19.2. The number of hydrogen-bond acceptors (Lipinski definition) is 5. The molecule has 0 unspecified atom stereocenters. The van der Waals surface area contributed by atoms with Gasteiger partial charge in [0.05, 0.1) is 33.6 Å². The first kappa shape index (κ1) is 25.1. The molecule has 0 aliphatic heterocycles. The van der Waals surface area contributed by atoms with Gasteiger partial charge in [0.1, 0.15) is 17.6 Å². The lowest BCUT2D eigenvalue weighted by Gasteiger charge is -2.15. The molecule has 2 heterocycles. The van der Waals surface area contributed by atoms with Crippen molar-refractivity contribution in [2.75, 3.05) is 12.4 Å². The lowest BCUT2D eigenvalue weighted by Crippen LogP contribution is -2.19. The van der Waals surface area contributed by atoms with Gasteiger partial charge in [0.15, 0.2) is 0 Å². The molecule has 0 saturated heterocycles. The third-order valence-electron chi connectivity index (χ3n) is 5.41. The number of allylic oxidation sites excluding steroid dienone is 1. The second kappa shape index (κ2) is 9.94. The van der Waals surface area contributed by atoms with Crippen molar-refractivity contribution in [2.45, 2.75) is 6.18 Å². The summed E-state index contributed by atoms with van der Waals surface area (Å²) in [6.07, 6.45) is -1.20. The summed E-state index contributed by atoms with van der Waals surface area (Å²) in [7, 11) is 1.50. The third kappa shape index (κ3) is 5.04. The smallest absolute Gasteiger partial charge is 0.394 e. The van der Waals surface area contributed by atoms with Crippen LogP contribution in [0.5, 0.6) is 0 Å². The van der Waals surface area contributed by atoms with Crippen molar-refractivity contribution < 1.29 is 22.4 Å². The fourth-order valence-electron chi connectivity index (χ4n) is 3.68. The molecule has 0 saturated carbocycles. The number of aromatic nitrogens is 2. The largest absolute Gasteiger partial charge is 0.417 e. The molecule has 0 aliphatic carbocycles. The summed E-state index contributed by atoms with van der Waals surface area (Å²) in [5.41, 5.74) is -1.52. The number of pyridine rings is 1. The first-order valence-electron chi connectivity index (χ1n) is 10.8. The predicted molar refractivity (Wildman–Crippen MR) is 130 cm³/mol. The van der Waals surface area contributed by atoms with Crippen LogP contribution in [0.15, 0.2) is 73.1 Å². The van der Waals surface area contributed by atoms with E-state index in [0.717, 1.165) is 6.08 Å². The van der Waals surface area contributed by atoms with Crippen molar-refractivity contribution in [3.8, 4) is 17.3 Å². The van der Waals surface area contributed by atoms with Crippen LogP contribution >= 0.6 is 0 Å². The number of amides is 1. The molecule has 0 atom stereocenters. The molecule has 2 aromatic carbocycles. The third-order valence-corrected chi connectivity index (χ3v) is 5.41. The van der Waals surface area contributed by atoms with E-state index < -0.39 is 40.3 Å². The number of hydrogen-bond donors (Lipinski definition) is 3. The van der Waals surface area contributed by atoms with Gasteiger partial charge >= 0.3 is 6.18 Å². The average Bonchev–Trinajstić information content (AvgIpc) is 3.24. The molecule has 0 aliphatic rings. The number of alkyl halides is 3. The van der Waals surface area contributed by atoms with E-state index in [2.05, 4.69) is 15.7 Å². The van der Waals surface area contributed by atoms with Gasteiger partial charge in [0, 0.05) is 24.4 Å². The lowest BCUT2D eigenvalue weighted by atomic mass is 9.98. The van der Waals surface area contributed by atoms with Crippen LogP contribution in [0.4, 0.5) is 23.2 Å². The predicted octanol–water partition coefficient (Wildman–Crippen LogP) is 5.38. The summed E-state index contributed by atoms with van der Waals surface area (Å²) in [4.78, 5) is 13.2. The van der Waals surface area contributed by atoms with Crippen LogP contribution in [0.2, 0.25) is 0 Å². The van der Waals surface area contributed by atoms with E-state index in [-0.39, 0.29) is 11.8 Å². The second-order valence-corrected chi connectivity index (χ2v) is 7.81. The fourth-order valence-corrected chi connectivity index (χ4v) is 3.68. The Morgan fingerprint density at radius 1 is 1.14 bits per heavy atom. The number of nitrogens with one attached hydrogen (secondary N) is 3. The summed E-state index contributed by atoms with van der Waals surface area (Å²) in [5.74, 6) is -2.43. The van der Waals surface area contributed by atoms with Crippen molar-refractivity contribution in [3.63, 3.8) is 0 Å². The Morgan fingerprint density at radius 2 is 1.86 bits per heavy atom. The highest BCUT2D eigenvalue weighted by Crippen LogP contribution is 2.35. The van der Waals surface area contributed by atoms with Gasteiger partial charge in [-0.3, -0.25) is 4.79 Å². The minimum atomic E-state index is -4.95. The Bertz CT molecular complexity index is 1580. The van der Waals surface area contributed by atoms with Crippen LogP contribution in [0.25, 0.3) is 16.8 Å². The van der Waals surface area contributed by atoms with E-state index in [0.29, 0.717) is 28.4 Å². The lowest BCUT2D eigenvalue weighted by molar-refractivity contribution is -0.137. The van der Waals surface area contributed by atoms with E-state index in [1.54, 1.807) is 36.4 Å². The van der Waals surface area contributed by atoms with Crippen molar-refractivity contribution in [3.05, 3.63) is 101 Å². The molecular formula is C26H18F4N6O. The number of carbonyl (C=O) groups excluding carboxylic acids is 1. The summed E-state index contributed by atoms with van der Waals surface area (Å²) < 4.78 is 57.0. The topological polar surface area (TPSA) is 106 Å². The van der Waals surface area contributed by atoms with Crippen LogP contribution in [0.1, 0.15) is 27.0 Å². The van der Waals surface area contributed by atoms with Gasteiger partial charge in [0.25, 0.3) is 5.91 Å². The average molecular weight is 506 g/mol. The molecule has 7 nitrogen and oxygen atoms in total. The summed E-state index contributed by atoms with van der Waals surface area (Å²) in [6.45, 7) is 0. The van der Waals surface area contributed by atoms with Gasteiger partial charge in [0.2, 0.25) is 0 Å². The Kier molecular flexibility index (Phi) is 6.75. The van der Waals surface area contributed by atoms with Gasteiger partial charge in [-0.1, -0.05) is 30.3 Å². The molecule has 0 bridgehead atoms. The van der Waals surface area contributed by atoms with Gasteiger partial charge in [-0.15, -0.1) is 0 Å². The fraction of sp³-hybridized carbons (Fsp3) is 0.0769. The van der Waals surface area contributed by atoms with E-state index in [1.165, 1.54) is 30.0 Å². The van der Waals surface area contributed by atoms with Crippen LogP contribution in [-0.2, 0) is 6.18 Å². The second-order valence-electron chi connectivity index (χ2n) is 7.81. The standard InChI is InChI=1S/C26H18F4N6O/c1-33-10-9-21(32)17-11-18(20(27)12-19(17)26(28,29)30)25(37)34-24-22-8-7-15(13-31)14-36(22)35-23(24)16-5-3-2-4-6-16/h2-12,14,32-33H,1H3,(H,34,37)/b10-9-,32-21?. The summed E-state index contributed by atoms with van der Waals surface area (Å²) >= 11 is 0. The Hall–Kier alpha value is -4.98. The molecule has 11 heteroatoms. The summed E-state index contributed by atoms with van der Waals surface area (Å²) in [6, 6.07) is 14.7. The number of carbonyl (C=O) groups is 1. The molecule has 0 spiro atoms. The first-order valence-corrected chi connectivity index (χ1v) is 10.8. The zero-order valence-electron chi connectivity index (χ0n) is 19.2. The van der Waals surface area contributed by atoms with Crippen LogP contribution in [-0.4, -0.2) is 28.3 Å². The number of rotatable bonds is 6. The molecule has 1 amide bonds. The number of nitriles is 1. The molecule has 3 N–H and O–H groups in total. The quantitative estimate of drug-likeness (QED) is 0.241. The normalized spacial score (nSPS) is 11.5. The highest BCUT2D eigenvalue weighted by Gasteiger charge is 2.36. The molecule has 0 fully saturated rings. The van der Waals surface area contributed by atoms with Crippen molar-refractivity contribution in [2.24, 2.45) is 0 Å². The first-order chi connectivity index (χ1) is 17.6. The zero-order chi connectivity index (χ0) is 26.7. The van der Waals surface area contributed by atoms with Gasteiger partial charge in [-0.25, -0.2) is 8.91 Å². The maximum Gasteiger partial charge on any atom is 0.417 e. The van der Waals surface area contributed by atoms with Gasteiger partial charge in [-0.2, -0.15) is 23.5 Å². The molecule has 4 rings (SSSR count). The van der Waals surface area contributed by atoms with Gasteiger partial charge < -0.3 is 16.0 Å². The Balaban J connectivity index is 1.84. The van der Waals surface area contributed by atoms with Crippen LogP contribution in [0, 0.1) is 22.6 Å². The Labute approximate surface area is 208 Å². The maximum atomic E-state index is 14.9. The van der Waals surface area contributed by atoms with Crippen LogP contribution < -0.4 is 10.6 Å². The number of anilines is 1. The van der Waals surface area contributed by atoms with E-state index in [4.69, 9.17) is 5.41 Å². The number of benzene rings is 2. The van der Waals surface area contributed by atoms with E-state index in [9.17, 15) is 27.6 Å². The molecule has 4 aromatic rings. The molecular weight excluding hydrogens is 488 g/mol. The minimum absolute atomic E-state index is 0.173. The monoisotopic (exact) mass is 506 g/mol. The number of fused-ring (bicyclic) bond motifs is 1. The number of halogens is 4. The van der Waals surface area contributed by atoms with E-state index >= 15 is 0 Å².